The van der Waals surface area contributed by atoms with Crippen LogP contribution >= 0.6 is 11.8 Å². The summed E-state index contributed by atoms with van der Waals surface area (Å²) in [6.07, 6.45) is 5.48. The van der Waals surface area contributed by atoms with Crippen molar-refractivity contribution in [2.24, 2.45) is 5.92 Å². The number of rotatable bonds is 7. The number of aliphatic hydroxyl groups is 1. The van der Waals surface area contributed by atoms with Gasteiger partial charge in [-0.25, -0.2) is 0 Å². The lowest BCUT2D eigenvalue weighted by Crippen LogP contribution is -2.10. The molecule has 1 aromatic rings. The van der Waals surface area contributed by atoms with Crippen molar-refractivity contribution in [3.8, 4) is 0 Å². The molecule has 0 saturated heterocycles. The van der Waals surface area contributed by atoms with Crippen molar-refractivity contribution in [2.45, 2.75) is 26.2 Å². The Kier molecular flexibility index (Phi) is 6.58. The highest BCUT2D eigenvalue weighted by molar-refractivity contribution is 7.98. The lowest BCUT2D eigenvalue weighted by Gasteiger charge is -2.15. The van der Waals surface area contributed by atoms with E-state index < -0.39 is 0 Å². The van der Waals surface area contributed by atoms with Gasteiger partial charge in [-0.3, -0.25) is 0 Å². The van der Waals surface area contributed by atoms with Gasteiger partial charge in [0.2, 0.25) is 0 Å². The molecule has 0 heterocycles. The topological polar surface area (TPSA) is 20.2 Å². The molecule has 1 atom stereocenters. The van der Waals surface area contributed by atoms with Crippen LogP contribution in [0.5, 0.6) is 0 Å². The summed E-state index contributed by atoms with van der Waals surface area (Å²) < 4.78 is 0. The number of benzene rings is 1. The standard InChI is InChI=1S/C14H22OS/c1-12-6-3-4-8-14(12)10-13(11-15)7-5-9-16-2/h3-4,6,8,13,15H,5,7,9-11H2,1-2H3. The zero-order valence-electron chi connectivity index (χ0n) is 10.3. The molecular formula is C14H22OS. The van der Waals surface area contributed by atoms with E-state index in [0.717, 1.165) is 12.8 Å². The third-order valence-corrected chi connectivity index (χ3v) is 3.69. The van der Waals surface area contributed by atoms with Crippen molar-refractivity contribution in [2.75, 3.05) is 18.6 Å². The van der Waals surface area contributed by atoms with Crippen LogP contribution < -0.4 is 0 Å². The van der Waals surface area contributed by atoms with Crippen molar-refractivity contribution >= 4 is 11.8 Å². The summed E-state index contributed by atoms with van der Waals surface area (Å²) in [6.45, 7) is 2.45. The molecule has 0 radical (unpaired) electrons. The van der Waals surface area contributed by atoms with Crippen LogP contribution in [0.2, 0.25) is 0 Å². The van der Waals surface area contributed by atoms with E-state index in [-0.39, 0.29) is 0 Å². The Hall–Kier alpha value is -0.470. The molecule has 0 aliphatic rings. The molecule has 90 valence electrons. The first-order valence-electron chi connectivity index (χ1n) is 5.92. The lowest BCUT2D eigenvalue weighted by molar-refractivity contribution is 0.217. The Balaban J connectivity index is 2.46. The molecule has 1 N–H and O–H groups in total. The zero-order chi connectivity index (χ0) is 11.8. The molecule has 2 heteroatoms. The maximum atomic E-state index is 9.37. The molecule has 1 rings (SSSR count). The quantitative estimate of drug-likeness (QED) is 0.736. The summed E-state index contributed by atoms with van der Waals surface area (Å²) in [5.41, 5.74) is 2.72. The van der Waals surface area contributed by atoms with Gasteiger partial charge < -0.3 is 5.11 Å². The van der Waals surface area contributed by atoms with Crippen molar-refractivity contribution in [3.05, 3.63) is 35.4 Å². The van der Waals surface area contributed by atoms with Gasteiger partial charge in [-0.05, 0) is 55.2 Å². The third-order valence-electron chi connectivity index (χ3n) is 2.99. The smallest absolute Gasteiger partial charge is 0.0462 e. The molecule has 0 aliphatic carbocycles. The van der Waals surface area contributed by atoms with E-state index in [9.17, 15) is 5.11 Å². The van der Waals surface area contributed by atoms with E-state index in [1.54, 1.807) is 0 Å². The number of hydrogen-bond acceptors (Lipinski definition) is 2. The SMILES string of the molecule is CSCCCC(CO)Cc1ccccc1C. The minimum Gasteiger partial charge on any atom is -0.396 e. The van der Waals surface area contributed by atoms with E-state index in [2.05, 4.69) is 37.4 Å². The minimum absolute atomic E-state index is 0.308. The maximum Gasteiger partial charge on any atom is 0.0462 e. The van der Waals surface area contributed by atoms with Gasteiger partial charge in [-0.1, -0.05) is 24.3 Å². The fourth-order valence-electron chi connectivity index (χ4n) is 1.92. The molecule has 0 spiro atoms. The second-order valence-electron chi connectivity index (χ2n) is 4.31. The van der Waals surface area contributed by atoms with E-state index in [1.807, 2.05) is 11.8 Å². The van der Waals surface area contributed by atoms with E-state index in [1.165, 1.54) is 23.3 Å². The van der Waals surface area contributed by atoms with E-state index >= 15 is 0 Å². The summed E-state index contributed by atoms with van der Waals surface area (Å²) in [4.78, 5) is 0. The highest BCUT2D eigenvalue weighted by atomic mass is 32.2. The molecule has 0 aromatic heterocycles. The second-order valence-corrected chi connectivity index (χ2v) is 5.30. The Bertz CT molecular complexity index is 299. The van der Waals surface area contributed by atoms with E-state index in [0.29, 0.717) is 12.5 Å². The highest BCUT2D eigenvalue weighted by Crippen LogP contribution is 2.17. The predicted molar refractivity (Wildman–Crippen MR) is 73.1 cm³/mol. The van der Waals surface area contributed by atoms with Gasteiger partial charge in [0.1, 0.15) is 0 Å². The molecule has 0 amide bonds. The lowest BCUT2D eigenvalue weighted by atomic mass is 9.93. The van der Waals surface area contributed by atoms with Crippen LogP contribution in [0, 0.1) is 12.8 Å². The second kappa shape index (κ2) is 7.75. The Morgan fingerprint density at radius 3 is 2.69 bits per heavy atom. The van der Waals surface area contributed by atoms with E-state index in [4.69, 9.17) is 0 Å². The van der Waals surface area contributed by atoms with Gasteiger partial charge in [0.05, 0.1) is 0 Å². The van der Waals surface area contributed by atoms with Crippen LogP contribution in [0.15, 0.2) is 24.3 Å². The van der Waals surface area contributed by atoms with Crippen LogP contribution in [-0.4, -0.2) is 23.7 Å². The Morgan fingerprint density at radius 2 is 2.06 bits per heavy atom. The van der Waals surface area contributed by atoms with Crippen LogP contribution in [-0.2, 0) is 6.42 Å². The number of thioether (sulfide) groups is 1. The average molecular weight is 238 g/mol. The molecule has 0 aliphatic heterocycles. The first-order chi connectivity index (χ1) is 7.77. The normalized spacial score (nSPS) is 12.7. The largest absolute Gasteiger partial charge is 0.396 e. The van der Waals surface area contributed by atoms with Crippen LogP contribution in [0.3, 0.4) is 0 Å². The molecule has 16 heavy (non-hydrogen) atoms. The monoisotopic (exact) mass is 238 g/mol. The molecular weight excluding hydrogens is 216 g/mol. The first kappa shape index (κ1) is 13.6. The summed E-state index contributed by atoms with van der Waals surface area (Å²) in [7, 11) is 0. The van der Waals surface area contributed by atoms with Crippen molar-refractivity contribution in [1.82, 2.24) is 0 Å². The Morgan fingerprint density at radius 1 is 1.31 bits per heavy atom. The number of hydrogen-bond donors (Lipinski definition) is 1. The van der Waals surface area contributed by atoms with Crippen LogP contribution in [0.25, 0.3) is 0 Å². The molecule has 1 unspecified atom stereocenters. The molecule has 0 bridgehead atoms. The fourth-order valence-corrected chi connectivity index (χ4v) is 2.38. The molecule has 0 saturated carbocycles. The Labute approximate surface area is 103 Å². The first-order valence-corrected chi connectivity index (χ1v) is 7.31. The average Bonchev–Trinajstić information content (AvgIpc) is 2.30. The van der Waals surface area contributed by atoms with Gasteiger partial charge in [-0.15, -0.1) is 0 Å². The third kappa shape index (κ3) is 4.58. The van der Waals surface area contributed by atoms with Crippen molar-refractivity contribution in [1.29, 1.82) is 0 Å². The van der Waals surface area contributed by atoms with Gasteiger partial charge >= 0.3 is 0 Å². The molecule has 1 nitrogen and oxygen atoms in total. The number of aryl methyl sites for hydroxylation is 1. The molecule has 0 fully saturated rings. The highest BCUT2D eigenvalue weighted by Gasteiger charge is 2.09. The summed E-state index contributed by atoms with van der Waals surface area (Å²) in [5, 5.41) is 9.37. The minimum atomic E-state index is 0.308. The summed E-state index contributed by atoms with van der Waals surface area (Å²) in [5.74, 6) is 1.62. The summed E-state index contributed by atoms with van der Waals surface area (Å²) in [6, 6.07) is 8.47. The van der Waals surface area contributed by atoms with Gasteiger partial charge in [0, 0.05) is 6.61 Å². The zero-order valence-corrected chi connectivity index (χ0v) is 11.1. The van der Waals surface area contributed by atoms with Gasteiger partial charge in [0.25, 0.3) is 0 Å². The predicted octanol–water partition coefficient (Wildman–Crippen LogP) is 3.29. The summed E-state index contributed by atoms with van der Waals surface area (Å²) >= 11 is 1.88. The van der Waals surface area contributed by atoms with Crippen molar-refractivity contribution < 1.29 is 5.11 Å². The van der Waals surface area contributed by atoms with Gasteiger partial charge in [-0.2, -0.15) is 11.8 Å². The van der Waals surface area contributed by atoms with Crippen LogP contribution in [0.4, 0.5) is 0 Å². The maximum absolute atomic E-state index is 9.37. The molecule has 1 aromatic carbocycles. The fraction of sp³-hybridized carbons (Fsp3) is 0.571. The van der Waals surface area contributed by atoms with Crippen molar-refractivity contribution in [3.63, 3.8) is 0 Å². The van der Waals surface area contributed by atoms with Gasteiger partial charge in [0.15, 0.2) is 0 Å². The van der Waals surface area contributed by atoms with Crippen LogP contribution in [0.1, 0.15) is 24.0 Å². The number of aliphatic hydroxyl groups excluding tert-OH is 1.